The van der Waals surface area contributed by atoms with E-state index in [1.807, 2.05) is 13.8 Å². The van der Waals surface area contributed by atoms with E-state index < -0.39 is 36.6 Å². The van der Waals surface area contributed by atoms with Crippen molar-refractivity contribution < 1.29 is 16.8 Å². The molecule has 0 aliphatic carbocycles. The molecule has 0 saturated heterocycles. The second kappa shape index (κ2) is 8.27. The number of fused-ring (bicyclic) bond motifs is 2. The molecule has 0 atom stereocenters. The zero-order valence-electron chi connectivity index (χ0n) is 19.3. The highest BCUT2D eigenvalue weighted by atomic mass is 32.2. The summed E-state index contributed by atoms with van der Waals surface area (Å²) in [6, 6.07) is 7.42. The van der Waals surface area contributed by atoms with Crippen molar-refractivity contribution in [3.05, 3.63) is 62.3 Å². The van der Waals surface area contributed by atoms with E-state index in [4.69, 9.17) is 0 Å². The first-order chi connectivity index (χ1) is 15.8. The molecule has 0 bridgehead atoms. The van der Waals surface area contributed by atoms with Crippen molar-refractivity contribution in [3.8, 4) is 0 Å². The number of hydrogen-bond acceptors (Lipinski definition) is 7. The Morgan fingerprint density at radius 1 is 1.18 bits per heavy atom. The topological polar surface area (TPSA) is 127 Å². The van der Waals surface area contributed by atoms with Gasteiger partial charge in [-0.2, -0.15) is 0 Å². The minimum atomic E-state index is -3.97. The molecule has 0 amide bonds. The Morgan fingerprint density at radius 3 is 2.53 bits per heavy atom. The number of anilines is 2. The molecule has 3 heterocycles. The van der Waals surface area contributed by atoms with Crippen LogP contribution in [-0.2, 0) is 26.4 Å². The van der Waals surface area contributed by atoms with Crippen LogP contribution in [0.25, 0.3) is 11.2 Å². The quantitative estimate of drug-likeness (QED) is 0.538. The van der Waals surface area contributed by atoms with E-state index in [9.17, 15) is 26.4 Å². The van der Waals surface area contributed by atoms with Gasteiger partial charge in [-0.15, -0.1) is 0 Å². The molecule has 0 spiro atoms. The van der Waals surface area contributed by atoms with Crippen LogP contribution in [0.1, 0.15) is 20.3 Å². The lowest BCUT2D eigenvalue weighted by atomic mass is 10.1. The lowest BCUT2D eigenvalue weighted by molar-refractivity contribution is 0.455. The third-order valence-electron chi connectivity index (χ3n) is 5.90. The van der Waals surface area contributed by atoms with Crippen molar-refractivity contribution in [1.29, 1.82) is 0 Å². The van der Waals surface area contributed by atoms with Crippen LogP contribution in [0.15, 0.2) is 51.0 Å². The Morgan fingerprint density at radius 2 is 1.88 bits per heavy atom. The van der Waals surface area contributed by atoms with Gasteiger partial charge < -0.3 is 5.32 Å². The van der Waals surface area contributed by atoms with Crippen LogP contribution in [0.4, 0.5) is 11.4 Å². The summed E-state index contributed by atoms with van der Waals surface area (Å²) in [5.74, 6) is -0.266. The molecule has 10 nitrogen and oxygen atoms in total. The fraction of sp³-hybridized carbons (Fsp3) is 0.364. The predicted octanol–water partition coefficient (Wildman–Crippen LogP) is 0.630. The second-order valence-electron chi connectivity index (χ2n) is 8.83. The number of sulfonamides is 1. The maximum Gasteiger partial charge on any atom is 0.278 e. The number of aryl methyl sites for hydroxylation is 1. The normalized spacial score (nSPS) is 17.0. The summed E-state index contributed by atoms with van der Waals surface area (Å²) >= 11 is 0. The summed E-state index contributed by atoms with van der Waals surface area (Å²) in [4.78, 5) is 26.5. The molecule has 34 heavy (non-hydrogen) atoms. The van der Waals surface area contributed by atoms with Crippen LogP contribution in [-0.4, -0.2) is 45.1 Å². The third-order valence-corrected chi connectivity index (χ3v) is 8.78. The molecule has 2 aromatic heterocycles. The van der Waals surface area contributed by atoms with Gasteiger partial charge in [-0.05, 0) is 42.7 Å². The number of hydrogen-bond donors (Lipinski definition) is 1. The van der Waals surface area contributed by atoms with Gasteiger partial charge in [0.1, 0.15) is 10.7 Å². The summed E-state index contributed by atoms with van der Waals surface area (Å²) in [6.45, 7) is 4.42. The Labute approximate surface area is 197 Å². The predicted molar refractivity (Wildman–Crippen MR) is 131 cm³/mol. The summed E-state index contributed by atoms with van der Waals surface area (Å²) in [6.07, 6.45) is 3.35. The van der Waals surface area contributed by atoms with Crippen LogP contribution in [0.5, 0.6) is 0 Å². The van der Waals surface area contributed by atoms with Gasteiger partial charge in [-0.1, -0.05) is 13.8 Å². The largest absolute Gasteiger partial charge is 0.356 e. The summed E-state index contributed by atoms with van der Waals surface area (Å²) in [5, 5.41) is 2.74. The smallest absolute Gasteiger partial charge is 0.278 e. The number of nitrogens with one attached hydrogen (secondary N) is 1. The van der Waals surface area contributed by atoms with Gasteiger partial charge in [0, 0.05) is 25.5 Å². The molecule has 4 rings (SSSR count). The van der Waals surface area contributed by atoms with Crippen LogP contribution in [0.3, 0.4) is 0 Å². The van der Waals surface area contributed by atoms with Gasteiger partial charge in [-0.25, -0.2) is 21.5 Å². The van der Waals surface area contributed by atoms with Crippen LogP contribution in [0.2, 0.25) is 0 Å². The van der Waals surface area contributed by atoms with Crippen molar-refractivity contribution in [2.45, 2.75) is 31.7 Å². The van der Waals surface area contributed by atoms with Crippen molar-refractivity contribution >= 4 is 42.4 Å². The minimum absolute atomic E-state index is 0.00807. The first kappa shape index (κ1) is 24.0. The Hall–Kier alpha value is -3.12. The Balaban J connectivity index is 1.95. The molecule has 0 saturated carbocycles. The third kappa shape index (κ3) is 4.11. The minimum Gasteiger partial charge on any atom is -0.356 e. The van der Waals surface area contributed by atoms with E-state index in [0.717, 1.165) is 10.6 Å². The number of rotatable bonds is 5. The van der Waals surface area contributed by atoms with Gasteiger partial charge in [0.2, 0.25) is 15.5 Å². The van der Waals surface area contributed by atoms with E-state index in [-0.39, 0.29) is 32.7 Å². The number of aromatic nitrogens is 2. The van der Waals surface area contributed by atoms with Gasteiger partial charge in [-0.3, -0.25) is 18.4 Å². The zero-order chi connectivity index (χ0) is 25.0. The molecule has 12 heteroatoms. The maximum absolute atomic E-state index is 13.4. The van der Waals surface area contributed by atoms with E-state index in [1.54, 1.807) is 18.3 Å². The maximum atomic E-state index is 13.4. The van der Waals surface area contributed by atoms with Gasteiger partial charge >= 0.3 is 0 Å². The van der Waals surface area contributed by atoms with Gasteiger partial charge in [0.05, 0.1) is 28.3 Å². The SMILES string of the molecule is CC(C)CCn1c(=O)c(=C2CS(=O)(=O)c3cc(N(C)S(C)(=O)=O)ccc3N2)c(=O)c2cccn21. The molecule has 0 radical (unpaired) electrons. The first-order valence-electron chi connectivity index (χ1n) is 10.7. The Bertz CT molecular complexity index is 1690. The van der Waals surface area contributed by atoms with E-state index >= 15 is 0 Å². The molecule has 182 valence electrons. The average molecular weight is 507 g/mol. The molecular formula is C22H26N4O6S2. The fourth-order valence-corrected chi connectivity index (χ4v) is 5.93. The lowest BCUT2D eigenvalue weighted by Crippen LogP contribution is -2.50. The Kier molecular flexibility index (Phi) is 5.85. The highest BCUT2D eigenvalue weighted by Gasteiger charge is 2.30. The summed E-state index contributed by atoms with van der Waals surface area (Å²) in [5.41, 5.74) is -0.469. The highest BCUT2D eigenvalue weighted by Crippen LogP contribution is 2.33. The zero-order valence-corrected chi connectivity index (χ0v) is 20.9. The standard InChI is InChI=1S/C22H26N4O6S2/c1-14(2)9-11-26-22(28)20(21(27)18-6-5-10-25(18)26)17-13-34(31,32)19-12-15(7-8-16(19)23-17)24(3)33(4,29)30/h5-8,10,12,14,23H,9,11,13H2,1-4H3. The van der Waals surface area contributed by atoms with Gasteiger partial charge in [0.15, 0.2) is 9.84 Å². The monoisotopic (exact) mass is 506 g/mol. The van der Waals surface area contributed by atoms with Crippen molar-refractivity contribution in [2.24, 2.45) is 5.92 Å². The molecule has 1 aliphatic rings. The average Bonchev–Trinajstić information content (AvgIpc) is 3.22. The second-order valence-corrected chi connectivity index (χ2v) is 12.8. The van der Waals surface area contributed by atoms with Crippen molar-refractivity contribution in [3.63, 3.8) is 0 Å². The van der Waals surface area contributed by atoms with Crippen molar-refractivity contribution in [2.75, 3.05) is 28.7 Å². The van der Waals surface area contributed by atoms with Crippen LogP contribution < -0.4 is 25.8 Å². The van der Waals surface area contributed by atoms with E-state index in [0.29, 0.717) is 18.9 Å². The molecule has 1 aromatic carbocycles. The number of benzene rings is 1. The molecule has 1 aliphatic heterocycles. The summed E-state index contributed by atoms with van der Waals surface area (Å²) < 4.78 is 54.0. The van der Waals surface area contributed by atoms with Crippen LogP contribution >= 0.6 is 0 Å². The molecule has 1 N–H and O–H groups in total. The molecule has 0 unspecified atom stereocenters. The van der Waals surface area contributed by atoms with Crippen LogP contribution in [0, 0.1) is 5.92 Å². The first-order valence-corrected chi connectivity index (χ1v) is 14.2. The molecule has 0 fully saturated rings. The van der Waals surface area contributed by atoms with Crippen molar-refractivity contribution in [1.82, 2.24) is 9.20 Å². The number of nitrogens with zero attached hydrogens (tertiary/aromatic N) is 3. The number of sulfone groups is 1. The lowest BCUT2D eigenvalue weighted by Gasteiger charge is -2.24. The highest BCUT2D eigenvalue weighted by molar-refractivity contribution is 7.92. The van der Waals surface area contributed by atoms with E-state index in [1.165, 1.54) is 34.4 Å². The van der Waals surface area contributed by atoms with E-state index in [2.05, 4.69) is 5.32 Å². The summed E-state index contributed by atoms with van der Waals surface area (Å²) in [7, 11) is -6.23. The van der Waals surface area contributed by atoms with Gasteiger partial charge in [0.25, 0.3) is 5.56 Å². The molecular weight excluding hydrogens is 480 g/mol. The fourth-order valence-electron chi connectivity index (χ4n) is 3.93. The molecule has 3 aromatic rings.